The van der Waals surface area contributed by atoms with E-state index < -0.39 is 0 Å². The molecule has 0 unspecified atom stereocenters. The second-order valence-electron chi connectivity index (χ2n) is 3.52. The highest BCUT2D eigenvalue weighted by atomic mass is 16.5. The molecule has 0 saturated carbocycles. The molecular weight excluding hydrogens is 216 g/mol. The number of nitrogens with one attached hydrogen (secondary N) is 1. The molecule has 1 rings (SSSR count). The van der Waals surface area contributed by atoms with Gasteiger partial charge in [-0.25, -0.2) is 0 Å². The fourth-order valence-corrected chi connectivity index (χ4v) is 1.30. The standard InChI is InChI=1S/C13H16N2O2/c1-10-5-6-11(4-3-7-14)8-12(10)15-13(16)9-17-2/h5-6,8H,7,9,14H2,1-2H3,(H,15,16). The molecule has 0 aliphatic rings. The molecule has 4 nitrogen and oxygen atoms in total. The normalized spacial score (nSPS) is 9.35. The van der Waals surface area contributed by atoms with Crippen LogP contribution in [0.3, 0.4) is 0 Å². The molecule has 0 saturated heterocycles. The van der Waals surface area contributed by atoms with Gasteiger partial charge in [0.05, 0.1) is 6.54 Å². The summed E-state index contributed by atoms with van der Waals surface area (Å²) in [7, 11) is 1.48. The fourth-order valence-electron chi connectivity index (χ4n) is 1.30. The molecular formula is C13H16N2O2. The van der Waals surface area contributed by atoms with Gasteiger partial charge in [-0.15, -0.1) is 0 Å². The van der Waals surface area contributed by atoms with Gasteiger partial charge in [-0.3, -0.25) is 4.79 Å². The highest BCUT2D eigenvalue weighted by Crippen LogP contribution is 2.16. The van der Waals surface area contributed by atoms with Gasteiger partial charge in [0.1, 0.15) is 6.61 Å². The topological polar surface area (TPSA) is 64.3 Å². The molecule has 1 aromatic carbocycles. The minimum Gasteiger partial charge on any atom is -0.375 e. The summed E-state index contributed by atoms with van der Waals surface area (Å²) in [5, 5.41) is 2.76. The summed E-state index contributed by atoms with van der Waals surface area (Å²) >= 11 is 0. The minimum absolute atomic E-state index is 0.0398. The summed E-state index contributed by atoms with van der Waals surface area (Å²) in [6.45, 7) is 2.28. The van der Waals surface area contributed by atoms with Crippen molar-refractivity contribution in [3.05, 3.63) is 29.3 Å². The van der Waals surface area contributed by atoms with Crippen LogP contribution in [0.5, 0.6) is 0 Å². The Morgan fingerprint density at radius 2 is 2.29 bits per heavy atom. The first-order valence-electron chi connectivity index (χ1n) is 5.25. The lowest BCUT2D eigenvalue weighted by molar-refractivity contribution is -0.119. The van der Waals surface area contributed by atoms with Crippen LogP contribution in [0.1, 0.15) is 11.1 Å². The van der Waals surface area contributed by atoms with Crippen molar-refractivity contribution in [2.45, 2.75) is 6.92 Å². The van der Waals surface area contributed by atoms with E-state index in [-0.39, 0.29) is 12.5 Å². The van der Waals surface area contributed by atoms with Crippen molar-refractivity contribution in [1.82, 2.24) is 0 Å². The Labute approximate surface area is 101 Å². The van der Waals surface area contributed by atoms with Crippen molar-refractivity contribution in [2.24, 2.45) is 5.73 Å². The number of hydrogen-bond acceptors (Lipinski definition) is 3. The van der Waals surface area contributed by atoms with Crippen LogP contribution in [0.4, 0.5) is 5.69 Å². The van der Waals surface area contributed by atoms with Crippen LogP contribution in [0.15, 0.2) is 18.2 Å². The van der Waals surface area contributed by atoms with Crippen LogP contribution < -0.4 is 11.1 Å². The maximum absolute atomic E-state index is 11.4. The third kappa shape index (κ3) is 4.27. The SMILES string of the molecule is COCC(=O)Nc1cc(C#CCN)ccc1C. The number of nitrogens with two attached hydrogens (primary N) is 1. The van der Waals surface area contributed by atoms with Crippen molar-refractivity contribution in [3.8, 4) is 11.8 Å². The Balaban J connectivity index is 2.86. The molecule has 4 heteroatoms. The zero-order valence-corrected chi connectivity index (χ0v) is 10.0. The quantitative estimate of drug-likeness (QED) is 0.761. The van der Waals surface area contributed by atoms with Gasteiger partial charge in [0.25, 0.3) is 0 Å². The lowest BCUT2D eigenvalue weighted by Crippen LogP contribution is -2.17. The summed E-state index contributed by atoms with van der Waals surface area (Å²) in [4.78, 5) is 11.4. The molecule has 0 fully saturated rings. The van der Waals surface area contributed by atoms with Crippen LogP contribution in [-0.2, 0) is 9.53 Å². The molecule has 3 N–H and O–H groups in total. The van der Waals surface area contributed by atoms with Crippen LogP contribution in [0, 0.1) is 18.8 Å². The fraction of sp³-hybridized carbons (Fsp3) is 0.308. The molecule has 0 spiro atoms. The Kier molecular flexibility index (Phi) is 5.21. The molecule has 0 atom stereocenters. The van der Waals surface area contributed by atoms with E-state index in [9.17, 15) is 4.79 Å². The molecule has 0 heterocycles. The summed E-state index contributed by atoms with van der Waals surface area (Å²) in [6.07, 6.45) is 0. The van der Waals surface area contributed by atoms with E-state index in [1.54, 1.807) is 0 Å². The number of anilines is 1. The molecule has 1 aromatic rings. The lowest BCUT2D eigenvalue weighted by Gasteiger charge is -2.08. The first-order valence-corrected chi connectivity index (χ1v) is 5.25. The van der Waals surface area contributed by atoms with E-state index in [2.05, 4.69) is 17.2 Å². The first-order chi connectivity index (χ1) is 8.17. The van der Waals surface area contributed by atoms with Crippen LogP contribution in [0.2, 0.25) is 0 Å². The molecule has 17 heavy (non-hydrogen) atoms. The number of carbonyl (C=O) groups excluding carboxylic acids is 1. The summed E-state index contributed by atoms with van der Waals surface area (Å²) in [5.41, 5.74) is 7.86. The zero-order valence-electron chi connectivity index (χ0n) is 10.0. The minimum atomic E-state index is -0.181. The third-order valence-electron chi connectivity index (χ3n) is 2.12. The largest absolute Gasteiger partial charge is 0.375 e. The number of carbonyl (C=O) groups is 1. The second kappa shape index (κ2) is 6.69. The third-order valence-corrected chi connectivity index (χ3v) is 2.12. The number of rotatable bonds is 3. The van der Waals surface area contributed by atoms with Gasteiger partial charge < -0.3 is 15.8 Å². The summed E-state index contributed by atoms with van der Waals surface area (Å²) in [6, 6.07) is 5.62. The van der Waals surface area contributed by atoms with E-state index in [1.807, 2.05) is 25.1 Å². The molecule has 0 radical (unpaired) electrons. The van der Waals surface area contributed by atoms with E-state index >= 15 is 0 Å². The molecule has 0 bridgehead atoms. The van der Waals surface area contributed by atoms with Crippen LogP contribution in [0.25, 0.3) is 0 Å². The average molecular weight is 232 g/mol. The van der Waals surface area contributed by atoms with Gasteiger partial charge in [0.15, 0.2) is 0 Å². The molecule has 1 amide bonds. The summed E-state index contributed by atoms with van der Waals surface area (Å²) < 4.78 is 4.75. The van der Waals surface area contributed by atoms with Gasteiger partial charge in [0, 0.05) is 18.4 Å². The van der Waals surface area contributed by atoms with Crippen molar-refractivity contribution in [2.75, 3.05) is 25.6 Å². The Hall–Kier alpha value is -1.83. The van der Waals surface area contributed by atoms with E-state index in [1.165, 1.54) is 7.11 Å². The van der Waals surface area contributed by atoms with Gasteiger partial charge in [-0.05, 0) is 24.6 Å². The molecule has 0 aliphatic carbocycles. The van der Waals surface area contributed by atoms with Crippen molar-refractivity contribution in [3.63, 3.8) is 0 Å². The highest BCUT2D eigenvalue weighted by Gasteiger charge is 2.04. The number of hydrogen-bond donors (Lipinski definition) is 2. The van der Waals surface area contributed by atoms with Crippen molar-refractivity contribution >= 4 is 11.6 Å². The summed E-state index contributed by atoms with van der Waals surface area (Å²) in [5.74, 6) is 5.51. The predicted molar refractivity (Wildman–Crippen MR) is 67.6 cm³/mol. The van der Waals surface area contributed by atoms with Gasteiger partial charge in [0.2, 0.25) is 5.91 Å². The zero-order chi connectivity index (χ0) is 12.7. The molecule has 90 valence electrons. The molecule has 0 aliphatic heterocycles. The Morgan fingerprint density at radius 1 is 1.53 bits per heavy atom. The maximum atomic E-state index is 11.4. The van der Waals surface area contributed by atoms with Gasteiger partial charge in [-0.1, -0.05) is 17.9 Å². The van der Waals surface area contributed by atoms with Crippen LogP contribution >= 0.6 is 0 Å². The highest BCUT2D eigenvalue weighted by molar-refractivity contribution is 5.92. The van der Waals surface area contributed by atoms with Gasteiger partial charge in [-0.2, -0.15) is 0 Å². The van der Waals surface area contributed by atoms with E-state index in [0.717, 1.165) is 16.8 Å². The van der Waals surface area contributed by atoms with E-state index in [4.69, 9.17) is 10.5 Å². The number of methoxy groups -OCH3 is 1. The lowest BCUT2D eigenvalue weighted by atomic mass is 10.1. The smallest absolute Gasteiger partial charge is 0.250 e. The number of ether oxygens (including phenoxy) is 1. The van der Waals surface area contributed by atoms with Crippen LogP contribution in [-0.4, -0.2) is 26.2 Å². The first kappa shape index (κ1) is 13.2. The number of amides is 1. The van der Waals surface area contributed by atoms with Crippen molar-refractivity contribution in [1.29, 1.82) is 0 Å². The average Bonchev–Trinajstić information content (AvgIpc) is 2.30. The predicted octanol–water partition coefficient (Wildman–Crippen LogP) is 0.890. The van der Waals surface area contributed by atoms with Crippen molar-refractivity contribution < 1.29 is 9.53 Å². The monoisotopic (exact) mass is 232 g/mol. The van der Waals surface area contributed by atoms with Gasteiger partial charge >= 0.3 is 0 Å². The second-order valence-corrected chi connectivity index (χ2v) is 3.52. The number of aryl methyl sites for hydroxylation is 1. The Bertz CT molecular complexity index is 458. The van der Waals surface area contributed by atoms with E-state index in [0.29, 0.717) is 6.54 Å². The maximum Gasteiger partial charge on any atom is 0.250 e. The Morgan fingerprint density at radius 3 is 2.94 bits per heavy atom. The molecule has 0 aromatic heterocycles. The number of benzene rings is 1.